The summed E-state index contributed by atoms with van der Waals surface area (Å²) in [6.07, 6.45) is 1.67. The van der Waals surface area contributed by atoms with Crippen molar-refractivity contribution < 1.29 is 4.74 Å². The fourth-order valence-corrected chi connectivity index (χ4v) is 2.04. The number of nitriles is 2. The number of nitrogen functional groups attached to an aromatic ring is 1. The number of nitrogens with zero attached hydrogens (tertiary/aromatic N) is 4. The summed E-state index contributed by atoms with van der Waals surface area (Å²) >= 11 is 0. The van der Waals surface area contributed by atoms with Gasteiger partial charge >= 0.3 is 0 Å². The largest absolute Gasteiger partial charge is 0.497 e. The molecule has 0 saturated heterocycles. The molecular weight excluding hydrogens is 278 g/mol. The molecule has 0 saturated carbocycles. The van der Waals surface area contributed by atoms with Crippen LogP contribution in [0.25, 0.3) is 11.6 Å². The van der Waals surface area contributed by atoms with Gasteiger partial charge in [0.15, 0.2) is 0 Å². The smallest absolute Gasteiger partial charge is 0.140 e. The summed E-state index contributed by atoms with van der Waals surface area (Å²) < 4.78 is 6.60. The maximum Gasteiger partial charge on any atom is 0.140 e. The molecule has 0 spiro atoms. The minimum Gasteiger partial charge on any atom is -0.497 e. The topological polar surface area (TPSA) is 101 Å². The zero-order chi connectivity index (χ0) is 16.1. The van der Waals surface area contributed by atoms with Crippen molar-refractivity contribution in [3.8, 4) is 17.9 Å². The Hall–Kier alpha value is -3.25. The third-order valence-corrected chi connectivity index (χ3v) is 3.21. The number of ether oxygens (including phenoxy) is 1. The van der Waals surface area contributed by atoms with E-state index in [1.54, 1.807) is 25.3 Å². The Morgan fingerprint density at radius 3 is 2.55 bits per heavy atom. The lowest BCUT2D eigenvalue weighted by molar-refractivity contribution is 0.415. The van der Waals surface area contributed by atoms with Crippen molar-refractivity contribution in [1.29, 1.82) is 10.5 Å². The molecule has 0 aliphatic rings. The van der Waals surface area contributed by atoms with Gasteiger partial charge in [-0.1, -0.05) is 12.1 Å². The van der Waals surface area contributed by atoms with Crippen molar-refractivity contribution in [2.45, 2.75) is 13.5 Å². The zero-order valence-corrected chi connectivity index (χ0v) is 12.4. The molecule has 0 atom stereocenters. The first-order valence-corrected chi connectivity index (χ1v) is 6.67. The molecule has 0 amide bonds. The molecule has 2 aromatic rings. The van der Waals surface area contributed by atoms with E-state index in [1.165, 1.54) is 4.68 Å². The number of aryl methyl sites for hydroxylation is 1. The van der Waals surface area contributed by atoms with E-state index < -0.39 is 0 Å². The van der Waals surface area contributed by atoms with Gasteiger partial charge in [0.1, 0.15) is 35.0 Å². The number of anilines is 1. The molecule has 1 aromatic heterocycles. The summed E-state index contributed by atoms with van der Waals surface area (Å²) in [4.78, 5) is 0. The van der Waals surface area contributed by atoms with Gasteiger partial charge < -0.3 is 10.5 Å². The van der Waals surface area contributed by atoms with Crippen molar-refractivity contribution in [3.63, 3.8) is 0 Å². The van der Waals surface area contributed by atoms with Gasteiger partial charge in [-0.3, -0.25) is 0 Å². The second-order valence-electron chi connectivity index (χ2n) is 4.48. The Morgan fingerprint density at radius 2 is 2.05 bits per heavy atom. The fraction of sp³-hybridized carbons (Fsp3) is 0.188. The number of aromatic nitrogens is 2. The van der Waals surface area contributed by atoms with Crippen LogP contribution in [0.15, 0.2) is 24.3 Å². The number of methoxy groups -OCH3 is 1. The normalized spacial score (nSPS) is 10.8. The molecule has 2 N–H and O–H groups in total. The van der Waals surface area contributed by atoms with Gasteiger partial charge in [-0.25, -0.2) is 4.68 Å². The van der Waals surface area contributed by atoms with Crippen LogP contribution in [0.1, 0.15) is 23.7 Å². The van der Waals surface area contributed by atoms with Crippen LogP contribution in [0.4, 0.5) is 5.82 Å². The van der Waals surface area contributed by atoms with Gasteiger partial charge in [0.2, 0.25) is 0 Å². The molecule has 0 radical (unpaired) electrons. The van der Waals surface area contributed by atoms with Crippen LogP contribution < -0.4 is 10.5 Å². The number of hydrogen-bond acceptors (Lipinski definition) is 5. The summed E-state index contributed by atoms with van der Waals surface area (Å²) in [5, 5.41) is 22.9. The van der Waals surface area contributed by atoms with Crippen molar-refractivity contribution in [2.24, 2.45) is 0 Å². The Balaban J connectivity index is 2.50. The Labute approximate surface area is 128 Å². The summed E-state index contributed by atoms with van der Waals surface area (Å²) in [7, 11) is 1.59. The van der Waals surface area contributed by atoms with Crippen LogP contribution in [-0.2, 0) is 6.54 Å². The van der Waals surface area contributed by atoms with Crippen LogP contribution in [-0.4, -0.2) is 16.9 Å². The maximum atomic E-state index is 9.39. The van der Waals surface area contributed by atoms with Crippen LogP contribution in [0, 0.1) is 22.7 Å². The van der Waals surface area contributed by atoms with E-state index in [4.69, 9.17) is 10.5 Å². The second kappa shape index (κ2) is 6.47. The van der Waals surface area contributed by atoms with E-state index in [2.05, 4.69) is 11.2 Å². The van der Waals surface area contributed by atoms with Crippen LogP contribution in [0.2, 0.25) is 0 Å². The Kier molecular flexibility index (Phi) is 4.45. The van der Waals surface area contributed by atoms with Crippen LogP contribution in [0.5, 0.6) is 5.75 Å². The fourth-order valence-electron chi connectivity index (χ4n) is 2.04. The Bertz CT molecular complexity index is 788. The lowest BCUT2D eigenvalue weighted by Gasteiger charge is -2.00. The van der Waals surface area contributed by atoms with Gasteiger partial charge in [0, 0.05) is 6.54 Å². The summed E-state index contributed by atoms with van der Waals surface area (Å²) in [5.41, 5.74) is 7.51. The van der Waals surface area contributed by atoms with Gasteiger partial charge in [-0.2, -0.15) is 15.6 Å². The highest BCUT2D eigenvalue weighted by Crippen LogP contribution is 2.25. The highest BCUT2D eigenvalue weighted by atomic mass is 16.5. The minimum absolute atomic E-state index is 0.225. The van der Waals surface area contributed by atoms with E-state index in [0.717, 1.165) is 11.3 Å². The maximum absolute atomic E-state index is 9.39. The minimum atomic E-state index is 0.225. The van der Waals surface area contributed by atoms with Gasteiger partial charge in [-0.05, 0) is 30.7 Å². The molecule has 2 rings (SSSR count). The molecule has 6 nitrogen and oxygen atoms in total. The SMILES string of the molecule is CCn1nc(/C(C#N)=C/c2ccc(OC)cc2)c(C#N)c1N. The van der Waals surface area contributed by atoms with Crippen molar-refractivity contribution >= 4 is 17.5 Å². The van der Waals surface area contributed by atoms with E-state index in [1.807, 2.05) is 25.1 Å². The first-order valence-electron chi connectivity index (χ1n) is 6.67. The van der Waals surface area contributed by atoms with Crippen molar-refractivity contribution in [1.82, 2.24) is 9.78 Å². The van der Waals surface area contributed by atoms with E-state index >= 15 is 0 Å². The molecular formula is C16H15N5O. The van der Waals surface area contributed by atoms with E-state index in [9.17, 15) is 10.5 Å². The van der Waals surface area contributed by atoms with Gasteiger partial charge in [0.25, 0.3) is 0 Å². The molecule has 0 aliphatic carbocycles. The standard InChI is InChI=1S/C16H15N5O/c1-3-21-16(19)14(10-18)15(20-21)12(9-17)8-11-4-6-13(22-2)7-5-11/h4-8H,3,19H2,1-2H3/b12-8+. The first kappa shape index (κ1) is 15.1. The highest BCUT2D eigenvalue weighted by molar-refractivity contribution is 5.91. The average molecular weight is 293 g/mol. The van der Waals surface area contributed by atoms with Gasteiger partial charge in [-0.15, -0.1) is 0 Å². The van der Waals surface area contributed by atoms with Crippen LogP contribution in [0.3, 0.4) is 0 Å². The summed E-state index contributed by atoms with van der Waals surface area (Å²) in [6, 6.07) is 11.3. The zero-order valence-electron chi connectivity index (χ0n) is 12.4. The van der Waals surface area contributed by atoms with Crippen LogP contribution >= 0.6 is 0 Å². The molecule has 110 valence electrons. The molecule has 1 heterocycles. The predicted molar refractivity (Wildman–Crippen MR) is 83.5 cm³/mol. The summed E-state index contributed by atoms with van der Waals surface area (Å²) in [5.74, 6) is 1.00. The predicted octanol–water partition coefficient (Wildman–Crippen LogP) is 2.43. The monoisotopic (exact) mass is 293 g/mol. The first-order chi connectivity index (χ1) is 10.6. The van der Waals surface area contributed by atoms with E-state index in [0.29, 0.717) is 17.8 Å². The lowest BCUT2D eigenvalue weighted by atomic mass is 10.1. The number of hydrogen-bond donors (Lipinski definition) is 1. The van der Waals surface area contributed by atoms with Crippen molar-refractivity contribution in [3.05, 3.63) is 41.1 Å². The quantitative estimate of drug-likeness (QED) is 0.872. The number of benzene rings is 1. The molecule has 6 heteroatoms. The molecule has 0 bridgehead atoms. The van der Waals surface area contributed by atoms with Gasteiger partial charge in [0.05, 0.1) is 12.7 Å². The molecule has 0 aliphatic heterocycles. The second-order valence-corrected chi connectivity index (χ2v) is 4.48. The third-order valence-electron chi connectivity index (χ3n) is 3.21. The molecule has 0 unspecified atom stereocenters. The summed E-state index contributed by atoms with van der Waals surface area (Å²) in [6.45, 7) is 2.40. The molecule has 22 heavy (non-hydrogen) atoms. The highest BCUT2D eigenvalue weighted by Gasteiger charge is 2.18. The average Bonchev–Trinajstić information content (AvgIpc) is 2.88. The molecule has 1 aromatic carbocycles. The lowest BCUT2D eigenvalue weighted by Crippen LogP contribution is -2.02. The Morgan fingerprint density at radius 1 is 1.36 bits per heavy atom. The molecule has 0 fully saturated rings. The number of allylic oxidation sites excluding steroid dienone is 1. The number of nitrogens with two attached hydrogens (primary N) is 1. The van der Waals surface area contributed by atoms with Crippen molar-refractivity contribution in [2.75, 3.05) is 12.8 Å². The van der Waals surface area contributed by atoms with E-state index in [-0.39, 0.29) is 11.4 Å². The number of rotatable bonds is 4. The third kappa shape index (κ3) is 2.77.